The number of nitro groups is 1. The van der Waals surface area contributed by atoms with Crippen molar-refractivity contribution in [2.45, 2.75) is 18.7 Å². The van der Waals surface area contributed by atoms with Crippen molar-refractivity contribution in [3.63, 3.8) is 0 Å². The molecule has 1 atom stereocenters. The lowest BCUT2D eigenvalue weighted by molar-refractivity contribution is -0.685. The number of nitro benzene ring substituents is 1. The molecular formula is C22H23BrN4O5. The predicted molar refractivity (Wildman–Crippen MR) is 112 cm³/mol. The van der Waals surface area contributed by atoms with Crippen LogP contribution < -0.4 is 35.9 Å². The Morgan fingerprint density at radius 1 is 1.19 bits per heavy atom. The Kier molecular flexibility index (Phi) is 6.95. The third kappa shape index (κ3) is 4.23. The number of fused-ring (bicyclic) bond motifs is 1. The zero-order valence-corrected chi connectivity index (χ0v) is 19.2. The van der Waals surface area contributed by atoms with Crippen LogP contribution in [0.25, 0.3) is 0 Å². The molecule has 9 nitrogen and oxygen atoms in total. The van der Waals surface area contributed by atoms with Gasteiger partial charge >= 0.3 is 5.95 Å². The maximum Gasteiger partial charge on any atom is 0.396 e. The molecule has 32 heavy (non-hydrogen) atoms. The van der Waals surface area contributed by atoms with Crippen molar-refractivity contribution in [2.24, 2.45) is 0 Å². The highest BCUT2D eigenvalue weighted by Gasteiger charge is 2.51. The molecule has 1 N–H and O–H groups in total. The molecule has 2 heterocycles. The zero-order valence-electron chi connectivity index (χ0n) is 17.6. The molecule has 0 fully saturated rings. The predicted octanol–water partition coefficient (Wildman–Crippen LogP) is -0.793. The molecule has 0 radical (unpaired) electrons. The molecule has 168 valence electrons. The van der Waals surface area contributed by atoms with Gasteiger partial charge in [0.15, 0.2) is 11.5 Å². The third-order valence-electron chi connectivity index (χ3n) is 5.49. The molecule has 0 saturated carbocycles. The minimum absolute atomic E-state index is 0. The first kappa shape index (κ1) is 23.4. The van der Waals surface area contributed by atoms with E-state index in [0.717, 1.165) is 5.56 Å². The maximum atomic E-state index is 11.7. The van der Waals surface area contributed by atoms with E-state index >= 15 is 0 Å². The molecule has 3 aromatic rings. The van der Waals surface area contributed by atoms with E-state index in [0.29, 0.717) is 36.0 Å². The highest BCUT2D eigenvalue weighted by Crippen LogP contribution is 2.35. The first-order valence-electron chi connectivity index (χ1n) is 9.76. The second-order valence-corrected chi connectivity index (χ2v) is 7.26. The van der Waals surface area contributed by atoms with Crippen LogP contribution in [-0.2, 0) is 18.7 Å². The maximum absolute atomic E-state index is 11.7. The Morgan fingerprint density at radius 3 is 2.56 bits per heavy atom. The van der Waals surface area contributed by atoms with Gasteiger partial charge in [0.2, 0.25) is 5.72 Å². The van der Waals surface area contributed by atoms with Crippen LogP contribution in [0.4, 0.5) is 11.6 Å². The lowest BCUT2D eigenvalue weighted by Crippen LogP contribution is -3.00. The number of methoxy groups -OCH3 is 2. The summed E-state index contributed by atoms with van der Waals surface area (Å²) in [5.41, 5.74) is 0.173. The van der Waals surface area contributed by atoms with Gasteiger partial charge in [-0.3, -0.25) is 10.1 Å². The number of nitrogens with zero attached hydrogens (tertiary/aromatic N) is 4. The van der Waals surface area contributed by atoms with Crippen LogP contribution in [0.2, 0.25) is 0 Å². The van der Waals surface area contributed by atoms with E-state index in [9.17, 15) is 15.2 Å². The van der Waals surface area contributed by atoms with Crippen LogP contribution >= 0.6 is 0 Å². The van der Waals surface area contributed by atoms with Gasteiger partial charge in [-0.15, -0.1) is 0 Å². The largest absolute Gasteiger partial charge is 1.00 e. The van der Waals surface area contributed by atoms with Crippen molar-refractivity contribution in [1.29, 1.82) is 0 Å². The summed E-state index contributed by atoms with van der Waals surface area (Å²) < 4.78 is 12.6. The fourth-order valence-electron chi connectivity index (χ4n) is 3.89. The average molecular weight is 503 g/mol. The molecule has 0 aliphatic carbocycles. The topological polar surface area (TPSA) is 102 Å². The van der Waals surface area contributed by atoms with Crippen molar-refractivity contribution in [1.82, 2.24) is 4.98 Å². The number of hydrogen-bond acceptors (Lipinski definition) is 7. The lowest BCUT2D eigenvalue weighted by Gasteiger charge is -2.28. The molecule has 1 aliphatic heterocycles. The quantitative estimate of drug-likeness (QED) is 0.256. The lowest BCUT2D eigenvalue weighted by atomic mass is 10.0. The fraction of sp³-hybridized carbons (Fsp3) is 0.273. The Balaban J connectivity index is 0.00000289. The number of benzene rings is 2. The highest BCUT2D eigenvalue weighted by atomic mass is 79.9. The van der Waals surface area contributed by atoms with Crippen molar-refractivity contribution >= 4 is 11.6 Å². The van der Waals surface area contributed by atoms with Crippen LogP contribution in [0, 0.1) is 10.1 Å². The van der Waals surface area contributed by atoms with Gasteiger partial charge in [-0.25, -0.2) is 9.47 Å². The van der Waals surface area contributed by atoms with Crippen molar-refractivity contribution in [3.8, 4) is 11.5 Å². The van der Waals surface area contributed by atoms with Crippen molar-refractivity contribution in [3.05, 3.63) is 82.2 Å². The molecule has 10 heteroatoms. The Bertz CT molecular complexity index is 1110. The zero-order chi connectivity index (χ0) is 22.0. The van der Waals surface area contributed by atoms with Gasteiger partial charge in [0.1, 0.15) is 12.7 Å². The summed E-state index contributed by atoms with van der Waals surface area (Å²) in [4.78, 5) is 16.8. The number of ether oxygens (including phenoxy) is 2. The molecule has 1 unspecified atom stereocenters. The summed E-state index contributed by atoms with van der Waals surface area (Å²) in [5, 5.41) is 22.7. The number of non-ortho nitro benzene ring substituents is 1. The van der Waals surface area contributed by atoms with Gasteiger partial charge in [-0.2, -0.15) is 0 Å². The molecule has 0 bridgehead atoms. The van der Waals surface area contributed by atoms with E-state index in [1.807, 2.05) is 33.9 Å². The number of aliphatic hydroxyl groups is 1. The van der Waals surface area contributed by atoms with Crippen molar-refractivity contribution < 1.29 is 41.1 Å². The molecule has 2 aromatic carbocycles. The van der Waals surface area contributed by atoms with E-state index < -0.39 is 10.6 Å². The van der Waals surface area contributed by atoms with E-state index in [2.05, 4.69) is 4.98 Å². The number of anilines is 1. The van der Waals surface area contributed by atoms with Crippen molar-refractivity contribution in [2.75, 3.05) is 25.7 Å². The van der Waals surface area contributed by atoms with Gasteiger partial charge in [-0.1, -0.05) is 11.1 Å². The smallest absolute Gasteiger partial charge is 0.396 e. The van der Waals surface area contributed by atoms with Crippen LogP contribution in [-0.4, -0.2) is 35.8 Å². The monoisotopic (exact) mass is 502 g/mol. The molecule has 0 spiro atoms. The van der Waals surface area contributed by atoms with Crippen LogP contribution in [0.1, 0.15) is 11.1 Å². The number of hydrogen-bond donors (Lipinski definition) is 1. The SMILES string of the molecule is COc1ccc(CCN2c3nccc[n+]3CC2(O)c2ccc([N+](=O)[O-])cc2)cc1OC.[Br-]. The molecule has 0 saturated heterocycles. The Labute approximate surface area is 195 Å². The summed E-state index contributed by atoms with van der Waals surface area (Å²) in [6, 6.07) is 13.5. The first-order chi connectivity index (χ1) is 15.0. The van der Waals surface area contributed by atoms with E-state index in [1.165, 1.54) is 12.1 Å². The summed E-state index contributed by atoms with van der Waals surface area (Å²) in [6.45, 7) is 0.736. The van der Waals surface area contributed by atoms with E-state index in [4.69, 9.17) is 9.47 Å². The Hall–Kier alpha value is -3.24. The van der Waals surface area contributed by atoms with E-state index in [-0.39, 0.29) is 29.2 Å². The summed E-state index contributed by atoms with van der Waals surface area (Å²) >= 11 is 0. The normalized spacial score (nSPS) is 16.8. The number of rotatable bonds is 7. The Morgan fingerprint density at radius 2 is 1.91 bits per heavy atom. The van der Waals surface area contributed by atoms with Crippen LogP contribution in [0.3, 0.4) is 0 Å². The second kappa shape index (κ2) is 9.49. The summed E-state index contributed by atoms with van der Waals surface area (Å²) in [7, 11) is 3.18. The minimum atomic E-state index is -1.38. The van der Waals surface area contributed by atoms with Gasteiger partial charge in [0, 0.05) is 30.2 Å². The molecular weight excluding hydrogens is 480 g/mol. The number of halogens is 1. The first-order valence-corrected chi connectivity index (χ1v) is 9.76. The number of aromatic nitrogens is 2. The highest BCUT2D eigenvalue weighted by molar-refractivity contribution is 5.45. The third-order valence-corrected chi connectivity index (χ3v) is 5.49. The van der Waals surface area contributed by atoms with Gasteiger partial charge in [0.25, 0.3) is 5.69 Å². The molecule has 1 aliphatic rings. The molecule has 0 amide bonds. The van der Waals surface area contributed by atoms with Gasteiger partial charge in [0.05, 0.1) is 31.9 Å². The standard InChI is InChI=1S/C22H23N4O5.BrH/c1-30-19-9-4-16(14-20(19)31-2)10-13-25-21-23-11-3-12-24(21)15-22(25,27)17-5-7-18(8-6-17)26(28)29;/h3-9,11-12,14,27H,10,13,15H2,1-2H3;1H/q+1;/p-1. The minimum Gasteiger partial charge on any atom is -1.00 e. The van der Waals surface area contributed by atoms with Crippen LogP contribution in [0.15, 0.2) is 60.9 Å². The average Bonchev–Trinajstić information content (AvgIpc) is 3.09. The molecule has 1 aromatic heterocycles. The summed E-state index contributed by atoms with van der Waals surface area (Å²) in [5.74, 6) is 1.92. The van der Waals surface area contributed by atoms with Crippen LogP contribution in [0.5, 0.6) is 11.5 Å². The van der Waals surface area contributed by atoms with Gasteiger partial charge in [-0.05, 0) is 29.8 Å². The van der Waals surface area contributed by atoms with Gasteiger partial charge < -0.3 is 31.6 Å². The van der Waals surface area contributed by atoms with E-state index in [1.54, 1.807) is 38.6 Å². The second-order valence-electron chi connectivity index (χ2n) is 7.26. The molecule has 4 rings (SSSR count). The fourth-order valence-corrected chi connectivity index (χ4v) is 3.89. The summed E-state index contributed by atoms with van der Waals surface area (Å²) in [6.07, 6.45) is 4.15.